The Hall–Kier alpha value is -3.29. The standard InChI is InChI=1S/C23H21N3O2S2/c1-2-26(19-10-4-3-5-11-19)22(28)17-8-6-9-18(16-17)24-23(29)25-21(27)14-13-20-12-7-15-30-20/h3-16H,2H2,1H3,(H2,24,25,27,29)/b14-13+. The number of anilines is 2. The molecule has 3 aromatic rings. The van der Waals surface area contributed by atoms with E-state index in [1.807, 2.05) is 54.8 Å². The number of hydrogen-bond donors (Lipinski definition) is 2. The lowest BCUT2D eigenvalue weighted by molar-refractivity contribution is -0.115. The number of benzene rings is 2. The predicted octanol–water partition coefficient (Wildman–Crippen LogP) is 4.94. The van der Waals surface area contributed by atoms with Crippen LogP contribution < -0.4 is 15.5 Å². The smallest absolute Gasteiger partial charge is 0.258 e. The quantitative estimate of drug-likeness (QED) is 0.425. The third-order valence-corrected chi connectivity index (χ3v) is 5.22. The van der Waals surface area contributed by atoms with Crippen LogP contribution >= 0.6 is 23.6 Å². The van der Waals surface area contributed by atoms with Gasteiger partial charge in [-0.05, 0) is 67.0 Å². The summed E-state index contributed by atoms with van der Waals surface area (Å²) in [4.78, 5) is 27.7. The second-order valence-corrected chi connectivity index (χ2v) is 7.65. The van der Waals surface area contributed by atoms with Gasteiger partial charge in [0.25, 0.3) is 5.91 Å². The first-order chi connectivity index (χ1) is 14.6. The molecule has 2 N–H and O–H groups in total. The molecule has 2 amide bonds. The molecular formula is C23H21N3O2S2. The van der Waals surface area contributed by atoms with E-state index in [4.69, 9.17) is 12.2 Å². The number of rotatable bonds is 6. The average Bonchev–Trinajstić information content (AvgIpc) is 3.27. The number of para-hydroxylation sites is 1. The molecule has 3 rings (SSSR count). The van der Waals surface area contributed by atoms with Crippen molar-refractivity contribution in [1.82, 2.24) is 5.32 Å². The Morgan fingerprint density at radius 3 is 2.57 bits per heavy atom. The minimum absolute atomic E-state index is 0.110. The van der Waals surface area contributed by atoms with Gasteiger partial charge in [-0.2, -0.15) is 0 Å². The van der Waals surface area contributed by atoms with Crippen LogP contribution in [0.15, 0.2) is 78.2 Å². The van der Waals surface area contributed by atoms with Crippen LogP contribution in [0.2, 0.25) is 0 Å². The summed E-state index contributed by atoms with van der Waals surface area (Å²) in [7, 11) is 0. The lowest BCUT2D eigenvalue weighted by atomic mass is 10.1. The van der Waals surface area contributed by atoms with Gasteiger partial charge in [-0.15, -0.1) is 11.3 Å². The molecule has 0 fully saturated rings. The van der Waals surface area contributed by atoms with Gasteiger partial charge in [0.05, 0.1) is 0 Å². The van der Waals surface area contributed by atoms with Crippen LogP contribution in [0, 0.1) is 0 Å². The minimum atomic E-state index is -0.325. The molecule has 0 unspecified atom stereocenters. The summed E-state index contributed by atoms with van der Waals surface area (Å²) >= 11 is 6.76. The van der Waals surface area contributed by atoms with E-state index >= 15 is 0 Å². The van der Waals surface area contributed by atoms with E-state index in [0.29, 0.717) is 17.8 Å². The highest BCUT2D eigenvalue weighted by Gasteiger charge is 2.16. The van der Waals surface area contributed by atoms with Crippen LogP contribution in [0.5, 0.6) is 0 Å². The van der Waals surface area contributed by atoms with E-state index in [1.165, 1.54) is 6.08 Å². The molecule has 1 heterocycles. The fraction of sp³-hybridized carbons (Fsp3) is 0.0870. The Bertz CT molecular complexity index is 1050. The first-order valence-electron chi connectivity index (χ1n) is 9.37. The van der Waals surface area contributed by atoms with E-state index in [0.717, 1.165) is 10.6 Å². The van der Waals surface area contributed by atoms with Gasteiger partial charge >= 0.3 is 0 Å². The normalized spacial score (nSPS) is 10.6. The molecule has 30 heavy (non-hydrogen) atoms. The highest BCUT2D eigenvalue weighted by molar-refractivity contribution is 7.80. The Kier molecular flexibility index (Phi) is 7.48. The van der Waals surface area contributed by atoms with Crippen molar-refractivity contribution in [1.29, 1.82) is 0 Å². The maximum Gasteiger partial charge on any atom is 0.258 e. The fourth-order valence-corrected chi connectivity index (χ4v) is 3.63. The van der Waals surface area contributed by atoms with E-state index < -0.39 is 0 Å². The monoisotopic (exact) mass is 435 g/mol. The summed E-state index contributed by atoms with van der Waals surface area (Å²) in [5.41, 5.74) is 1.98. The molecule has 0 spiro atoms. The second kappa shape index (κ2) is 10.5. The molecule has 0 radical (unpaired) electrons. The Labute approximate surface area is 185 Å². The van der Waals surface area contributed by atoms with E-state index in [2.05, 4.69) is 10.6 Å². The highest BCUT2D eigenvalue weighted by atomic mass is 32.1. The van der Waals surface area contributed by atoms with Gasteiger partial charge in [-0.25, -0.2) is 0 Å². The zero-order chi connectivity index (χ0) is 21.3. The minimum Gasteiger partial charge on any atom is -0.332 e. The molecule has 0 aliphatic heterocycles. The summed E-state index contributed by atoms with van der Waals surface area (Å²) in [6.45, 7) is 2.48. The second-order valence-electron chi connectivity index (χ2n) is 6.26. The third kappa shape index (κ3) is 5.85. The number of nitrogens with zero attached hydrogens (tertiary/aromatic N) is 1. The first-order valence-corrected chi connectivity index (χ1v) is 10.7. The highest BCUT2D eigenvalue weighted by Crippen LogP contribution is 2.19. The Balaban J connectivity index is 1.64. The SMILES string of the molecule is CCN(C(=O)c1cccc(NC(=S)NC(=O)/C=C/c2cccs2)c1)c1ccccc1. The van der Waals surface area contributed by atoms with Crippen molar-refractivity contribution >= 4 is 57.9 Å². The molecule has 152 valence electrons. The summed E-state index contributed by atoms with van der Waals surface area (Å²) in [5, 5.41) is 7.66. The molecule has 7 heteroatoms. The molecule has 2 aromatic carbocycles. The van der Waals surface area contributed by atoms with E-state index in [1.54, 1.807) is 46.6 Å². The fourth-order valence-electron chi connectivity index (χ4n) is 2.80. The number of nitrogens with one attached hydrogen (secondary N) is 2. The molecule has 1 aromatic heterocycles. The lowest BCUT2D eigenvalue weighted by Gasteiger charge is -2.21. The lowest BCUT2D eigenvalue weighted by Crippen LogP contribution is -2.33. The van der Waals surface area contributed by atoms with Gasteiger partial charge in [0.1, 0.15) is 0 Å². The number of amides is 2. The molecule has 0 atom stereocenters. The number of thiophene rings is 1. The van der Waals surface area contributed by atoms with Crippen molar-refractivity contribution in [2.24, 2.45) is 0 Å². The van der Waals surface area contributed by atoms with Crippen molar-refractivity contribution in [3.63, 3.8) is 0 Å². The van der Waals surface area contributed by atoms with Crippen LogP contribution in [0.1, 0.15) is 22.2 Å². The van der Waals surface area contributed by atoms with Crippen LogP contribution in [-0.4, -0.2) is 23.5 Å². The third-order valence-electron chi connectivity index (χ3n) is 4.18. The molecular weight excluding hydrogens is 414 g/mol. The molecule has 0 saturated heterocycles. The van der Waals surface area contributed by atoms with Crippen molar-refractivity contribution in [3.8, 4) is 0 Å². The van der Waals surface area contributed by atoms with Gasteiger partial charge < -0.3 is 10.2 Å². The first kappa shape index (κ1) is 21.4. The number of hydrogen-bond acceptors (Lipinski definition) is 4. The van der Waals surface area contributed by atoms with Crippen molar-refractivity contribution in [3.05, 3.63) is 88.6 Å². The van der Waals surface area contributed by atoms with E-state index in [-0.39, 0.29) is 16.9 Å². The number of carbonyl (C=O) groups excluding carboxylic acids is 2. The topological polar surface area (TPSA) is 61.4 Å². The van der Waals surface area contributed by atoms with Gasteiger partial charge in [0.15, 0.2) is 5.11 Å². The van der Waals surface area contributed by atoms with Crippen LogP contribution in [-0.2, 0) is 4.79 Å². The van der Waals surface area contributed by atoms with Crippen LogP contribution in [0.4, 0.5) is 11.4 Å². The molecule has 0 aliphatic carbocycles. The summed E-state index contributed by atoms with van der Waals surface area (Å²) in [6, 6.07) is 20.4. The molecule has 5 nitrogen and oxygen atoms in total. The number of carbonyl (C=O) groups is 2. The zero-order valence-corrected chi connectivity index (χ0v) is 18.0. The van der Waals surface area contributed by atoms with Crippen molar-refractivity contribution in [2.75, 3.05) is 16.8 Å². The Morgan fingerprint density at radius 2 is 1.87 bits per heavy atom. The summed E-state index contributed by atoms with van der Waals surface area (Å²) in [5.74, 6) is -0.435. The van der Waals surface area contributed by atoms with E-state index in [9.17, 15) is 9.59 Å². The van der Waals surface area contributed by atoms with Crippen molar-refractivity contribution in [2.45, 2.75) is 6.92 Å². The molecule has 0 bridgehead atoms. The van der Waals surface area contributed by atoms with Crippen LogP contribution in [0.3, 0.4) is 0 Å². The van der Waals surface area contributed by atoms with Gasteiger partial charge in [-0.3, -0.25) is 14.9 Å². The number of thiocarbonyl (C=S) groups is 1. The molecule has 0 aliphatic rings. The predicted molar refractivity (Wildman–Crippen MR) is 128 cm³/mol. The van der Waals surface area contributed by atoms with Gasteiger partial charge in [-0.1, -0.05) is 30.3 Å². The zero-order valence-electron chi connectivity index (χ0n) is 16.4. The van der Waals surface area contributed by atoms with Crippen molar-refractivity contribution < 1.29 is 9.59 Å². The largest absolute Gasteiger partial charge is 0.332 e. The van der Waals surface area contributed by atoms with Gasteiger partial charge in [0.2, 0.25) is 5.91 Å². The average molecular weight is 436 g/mol. The maximum atomic E-state index is 13.0. The maximum absolute atomic E-state index is 13.0. The Morgan fingerprint density at radius 1 is 1.07 bits per heavy atom. The summed E-state index contributed by atoms with van der Waals surface area (Å²) in [6.07, 6.45) is 3.16. The van der Waals surface area contributed by atoms with Gasteiger partial charge in [0, 0.05) is 34.4 Å². The molecule has 0 saturated carbocycles. The van der Waals surface area contributed by atoms with Crippen LogP contribution in [0.25, 0.3) is 6.08 Å². The summed E-state index contributed by atoms with van der Waals surface area (Å²) < 4.78 is 0.